The second-order valence-corrected chi connectivity index (χ2v) is 3.63. The van der Waals surface area contributed by atoms with E-state index in [1.54, 1.807) is 0 Å². The lowest BCUT2D eigenvalue weighted by atomic mass is 10.1. The fourth-order valence-corrected chi connectivity index (χ4v) is 1.51. The predicted molar refractivity (Wildman–Crippen MR) is 52.9 cm³/mol. The van der Waals surface area contributed by atoms with E-state index in [2.05, 4.69) is 24.2 Å². The topological polar surface area (TPSA) is 12.0 Å². The molecule has 68 valence electrons. The molecule has 1 nitrogen and oxygen atoms in total. The first-order valence-corrected chi connectivity index (χ1v) is 4.93. The molecule has 12 heavy (non-hydrogen) atoms. The summed E-state index contributed by atoms with van der Waals surface area (Å²) in [6, 6.07) is 0.707. The molecule has 0 bridgehead atoms. The van der Waals surface area contributed by atoms with E-state index in [1.807, 2.05) is 6.92 Å². The summed E-state index contributed by atoms with van der Waals surface area (Å²) in [5, 5.41) is 3.36. The first-order chi connectivity index (χ1) is 5.86. The van der Waals surface area contributed by atoms with Crippen LogP contribution in [0, 0.1) is 17.8 Å². The minimum Gasteiger partial charge on any atom is -0.317 e. The van der Waals surface area contributed by atoms with Gasteiger partial charge in [-0.3, -0.25) is 0 Å². The first kappa shape index (κ1) is 9.61. The minimum atomic E-state index is 0.707. The van der Waals surface area contributed by atoms with Gasteiger partial charge in [0.15, 0.2) is 0 Å². The van der Waals surface area contributed by atoms with Crippen LogP contribution in [0.15, 0.2) is 0 Å². The van der Waals surface area contributed by atoms with Crippen molar-refractivity contribution in [2.45, 2.75) is 45.1 Å². The zero-order valence-electron chi connectivity index (χ0n) is 8.19. The monoisotopic (exact) mass is 165 g/mol. The highest BCUT2D eigenvalue weighted by molar-refractivity contribution is 4.95. The zero-order valence-corrected chi connectivity index (χ0v) is 8.19. The fourth-order valence-electron chi connectivity index (χ4n) is 1.51. The number of hydrogen-bond acceptors (Lipinski definition) is 1. The molecule has 0 spiro atoms. The Morgan fingerprint density at radius 1 is 1.50 bits per heavy atom. The second-order valence-electron chi connectivity index (χ2n) is 3.63. The predicted octanol–water partition coefficient (Wildman–Crippen LogP) is 2.18. The lowest BCUT2D eigenvalue weighted by Gasteiger charge is -2.13. The molecule has 0 aromatic rings. The molecule has 0 aromatic heterocycles. The normalized spacial score (nSPS) is 18.2. The van der Waals surface area contributed by atoms with Crippen molar-refractivity contribution in [3.63, 3.8) is 0 Å². The number of nitrogens with one attached hydrogen (secondary N) is 1. The van der Waals surface area contributed by atoms with Crippen molar-refractivity contribution in [1.82, 2.24) is 5.32 Å². The summed E-state index contributed by atoms with van der Waals surface area (Å²) in [7, 11) is 2.06. The summed E-state index contributed by atoms with van der Waals surface area (Å²) in [5.41, 5.74) is 0. The zero-order chi connectivity index (χ0) is 8.81. The SMILES string of the molecule is CC#CCCC(CC1CC1)NC. The van der Waals surface area contributed by atoms with Crippen LogP contribution < -0.4 is 5.32 Å². The van der Waals surface area contributed by atoms with Crippen LogP contribution >= 0.6 is 0 Å². The Balaban J connectivity index is 2.09. The molecule has 0 amide bonds. The molecule has 1 aliphatic rings. The summed E-state index contributed by atoms with van der Waals surface area (Å²) >= 11 is 0. The maximum Gasteiger partial charge on any atom is 0.0103 e. The second kappa shape index (κ2) is 5.22. The first-order valence-electron chi connectivity index (χ1n) is 4.93. The van der Waals surface area contributed by atoms with Gasteiger partial charge in [-0.05, 0) is 32.7 Å². The highest BCUT2D eigenvalue weighted by Gasteiger charge is 2.24. The van der Waals surface area contributed by atoms with Gasteiger partial charge >= 0.3 is 0 Å². The van der Waals surface area contributed by atoms with Gasteiger partial charge in [0, 0.05) is 12.5 Å². The van der Waals surface area contributed by atoms with Crippen LogP contribution in [0.1, 0.15) is 39.0 Å². The highest BCUT2D eigenvalue weighted by Crippen LogP contribution is 2.34. The molecule has 1 heteroatoms. The van der Waals surface area contributed by atoms with E-state index in [4.69, 9.17) is 0 Å². The van der Waals surface area contributed by atoms with Gasteiger partial charge in [0.1, 0.15) is 0 Å². The van der Waals surface area contributed by atoms with E-state index >= 15 is 0 Å². The van der Waals surface area contributed by atoms with E-state index in [0.717, 1.165) is 12.3 Å². The smallest absolute Gasteiger partial charge is 0.0103 e. The molecular weight excluding hydrogens is 146 g/mol. The van der Waals surface area contributed by atoms with Crippen molar-refractivity contribution >= 4 is 0 Å². The Bertz CT molecular complexity index is 171. The standard InChI is InChI=1S/C11H19N/c1-3-4-5-6-11(12-2)9-10-7-8-10/h10-12H,5-9H2,1-2H3. The lowest BCUT2D eigenvalue weighted by molar-refractivity contribution is 0.469. The fraction of sp³-hybridized carbons (Fsp3) is 0.818. The molecule has 1 aliphatic carbocycles. The van der Waals surface area contributed by atoms with E-state index in [0.29, 0.717) is 6.04 Å². The molecule has 1 unspecified atom stereocenters. The Labute approximate surface area is 75.9 Å². The molecule has 0 heterocycles. The van der Waals surface area contributed by atoms with E-state index in [-0.39, 0.29) is 0 Å². The molecule has 0 aromatic carbocycles. The molecular formula is C11H19N. The molecule has 1 rings (SSSR count). The largest absolute Gasteiger partial charge is 0.317 e. The van der Waals surface area contributed by atoms with E-state index in [9.17, 15) is 0 Å². The van der Waals surface area contributed by atoms with Gasteiger partial charge in [0.2, 0.25) is 0 Å². The molecule has 0 saturated heterocycles. The minimum absolute atomic E-state index is 0.707. The quantitative estimate of drug-likeness (QED) is 0.616. The average Bonchev–Trinajstić information content (AvgIpc) is 2.87. The van der Waals surface area contributed by atoms with Gasteiger partial charge in [-0.2, -0.15) is 0 Å². The number of rotatable bonds is 5. The average molecular weight is 165 g/mol. The van der Waals surface area contributed by atoms with Crippen molar-refractivity contribution in [1.29, 1.82) is 0 Å². The van der Waals surface area contributed by atoms with E-state index in [1.165, 1.54) is 25.7 Å². The van der Waals surface area contributed by atoms with Crippen LogP contribution in [0.2, 0.25) is 0 Å². The summed E-state index contributed by atoms with van der Waals surface area (Å²) in [4.78, 5) is 0. The van der Waals surface area contributed by atoms with Gasteiger partial charge in [-0.25, -0.2) is 0 Å². The van der Waals surface area contributed by atoms with E-state index < -0.39 is 0 Å². The Morgan fingerprint density at radius 3 is 2.75 bits per heavy atom. The van der Waals surface area contributed by atoms with Gasteiger partial charge in [0.05, 0.1) is 0 Å². The lowest BCUT2D eigenvalue weighted by Crippen LogP contribution is -2.25. The van der Waals surface area contributed by atoms with Gasteiger partial charge in [0.25, 0.3) is 0 Å². The van der Waals surface area contributed by atoms with Crippen molar-refractivity contribution in [2.24, 2.45) is 5.92 Å². The molecule has 1 fully saturated rings. The van der Waals surface area contributed by atoms with Crippen LogP contribution in [-0.2, 0) is 0 Å². The van der Waals surface area contributed by atoms with Gasteiger partial charge in [-0.15, -0.1) is 11.8 Å². The Morgan fingerprint density at radius 2 is 2.25 bits per heavy atom. The molecule has 1 atom stereocenters. The number of hydrogen-bond donors (Lipinski definition) is 1. The maximum atomic E-state index is 3.36. The molecule has 0 aliphatic heterocycles. The van der Waals surface area contributed by atoms with Crippen LogP contribution in [0.25, 0.3) is 0 Å². The maximum absolute atomic E-state index is 3.36. The third-order valence-electron chi connectivity index (χ3n) is 2.52. The van der Waals surface area contributed by atoms with Crippen LogP contribution in [0.3, 0.4) is 0 Å². The van der Waals surface area contributed by atoms with Gasteiger partial charge < -0.3 is 5.32 Å². The van der Waals surface area contributed by atoms with Crippen LogP contribution in [-0.4, -0.2) is 13.1 Å². The van der Waals surface area contributed by atoms with Crippen molar-refractivity contribution in [3.8, 4) is 11.8 Å². The molecule has 1 saturated carbocycles. The summed E-state index contributed by atoms with van der Waals surface area (Å²) in [5.74, 6) is 7.08. The van der Waals surface area contributed by atoms with Crippen molar-refractivity contribution in [2.75, 3.05) is 7.05 Å². The Kier molecular flexibility index (Phi) is 4.18. The van der Waals surface area contributed by atoms with Crippen molar-refractivity contribution < 1.29 is 0 Å². The molecule has 1 N–H and O–H groups in total. The van der Waals surface area contributed by atoms with Gasteiger partial charge in [-0.1, -0.05) is 12.8 Å². The van der Waals surface area contributed by atoms with Crippen LogP contribution in [0.4, 0.5) is 0 Å². The van der Waals surface area contributed by atoms with Crippen LogP contribution in [0.5, 0.6) is 0 Å². The van der Waals surface area contributed by atoms with Crippen molar-refractivity contribution in [3.05, 3.63) is 0 Å². The summed E-state index contributed by atoms with van der Waals surface area (Å²) < 4.78 is 0. The summed E-state index contributed by atoms with van der Waals surface area (Å²) in [6.07, 6.45) is 6.54. The third-order valence-corrected chi connectivity index (χ3v) is 2.52. The Hall–Kier alpha value is -0.480. The third kappa shape index (κ3) is 3.78. The highest BCUT2D eigenvalue weighted by atomic mass is 14.9. The molecule has 0 radical (unpaired) electrons. The summed E-state index contributed by atoms with van der Waals surface area (Å²) in [6.45, 7) is 1.91.